The minimum absolute atomic E-state index is 0.672. The number of hydrogen-bond donors (Lipinski definition) is 1. The lowest BCUT2D eigenvalue weighted by Crippen LogP contribution is -2.28. The summed E-state index contributed by atoms with van der Waals surface area (Å²) in [5.41, 5.74) is 1.12. The number of rotatable bonds is 9. The predicted octanol–water partition coefficient (Wildman–Crippen LogP) is 2.71. The van der Waals surface area contributed by atoms with E-state index in [0.717, 1.165) is 44.0 Å². The molecule has 0 aliphatic carbocycles. The van der Waals surface area contributed by atoms with Crippen molar-refractivity contribution < 1.29 is 4.74 Å². The molecule has 0 amide bonds. The van der Waals surface area contributed by atoms with Crippen LogP contribution in [0.2, 0.25) is 5.02 Å². The molecule has 108 valence electrons. The first-order chi connectivity index (χ1) is 9.22. The molecule has 1 N–H and O–H groups in total. The molecule has 1 aromatic rings. The fourth-order valence-electron chi connectivity index (χ4n) is 1.82. The molecular formula is C14H24ClN3O. The third-order valence-corrected chi connectivity index (χ3v) is 3.16. The van der Waals surface area contributed by atoms with Crippen LogP contribution < -0.4 is 10.2 Å². The van der Waals surface area contributed by atoms with Crippen molar-refractivity contribution in [1.82, 2.24) is 10.3 Å². The summed E-state index contributed by atoms with van der Waals surface area (Å²) in [6, 6.07) is 1.99. The van der Waals surface area contributed by atoms with Gasteiger partial charge in [0.25, 0.3) is 0 Å². The van der Waals surface area contributed by atoms with E-state index < -0.39 is 0 Å². The largest absolute Gasteiger partial charge is 0.383 e. The molecule has 5 heteroatoms. The van der Waals surface area contributed by atoms with Crippen LogP contribution in [-0.4, -0.2) is 38.3 Å². The quantitative estimate of drug-likeness (QED) is 0.708. The monoisotopic (exact) mass is 285 g/mol. The Balaban J connectivity index is 2.69. The molecule has 19 heavy (non-hydrogen) atoms. The summed E-state index contributed by atoms with van der Waals surface area (Å²) in [5, 5.41) is 4.05. The SMILES string of the molecule is CCCNCc1cnc(N(CC)CCOC)c(Cl)c1. The van der Waals surface area contributed by atoms with Gasteiger partial charge in [0, 0.05) is 32.9 Å². The van der Waals surface area contributed by atoms with Gasteiger partial charge in [-0.15, -0.1) is 0 Å². The van der Waals surface area contributed by atoms with Crippen molar-refractivity contribution in [2.45, 2.75) is 26.8 Å². The van der Waals surface area contributed by atoms with Gasteiger partial charge in [-0.2, -0.15) is 0 Å². The number of ether oxygens (including phenoxy) is 1. The first-order valence-corrected chi connectivity index (χ1v) is 7.19. The van der Waals surface area contributed by atoms with Crippen LogP contribution in [0.1, 0.15) is 25.8 Å². The second-order valence-corrected chi connectivity index (χ2v) is 4.81. The van der Waals surface area contributed by atoms with E-state index in [1.807, 2.05) is 12.3 Å². The summed E-state index contributed by atoms with van der Waals surface area (Å²) in [7, 11) is 1.70. The molecule has 0 aromatic carbocycles. The number of hydrogen-bond acceptors (Lipinski definition) is 4. The van der Waals surface area contributed by atoms with Gasteiger partial charge in [-0.05, 0) is 31.5 Å². The topological polar surface area (TPSA) is 37.4 Å². The molecule has 1 heterocycles. The molecule has 4 nitrogen and oxygen atoms in total. The van der Waals surface area contributed by atoms with E-state index in [9.17, 15) is 0 Å². The fourth-order valence-corrected chi connectivity index (χ4v) is 2.13. The van der Waals surface area contributed by atoms with Crippen LogP contribution in [0, 0.1) is 0 Å². The van der Waals surface area contributed by atoms with E-state index in [0.29, 0.717) is 11.6 Å². The maximum Gasteiger partial charge on any atom is 0.147 e. The zero-order valence-electron chi connectivity index (χ0n) is 12.1. The molecule has 1 aromatic heterocycles. The number of halogens is 1. The van der Waals surface area contributed by atoms with Crippen molar-refractivity contribution in [3.63, 3.8) is 0 Å². The second kappa shape index (κ2) is 9.13. The third kappa shape index (κ3) is 5.35. The van der Waals surface area contributed by atoms with Gasteiger partial charge in [-0.25, -0.2) is 4.98 Å². The van der Waals surface area contributed by atoms with Crippen LogP contribution in [0.15, 0.2) is 12.3 Å². The van der Waals surface area contributed by atoms with Crippen molar-refractivity contribution in [3.05, 3.63) is 22.8 Å². The number of pyridine rings is 1. The Labute approximate surface area is 121 Å². The minimum Gasteiger partial charge on any atom is -0.383 e. The zero-order chi connectivity index (χ0) is 14.1. The summed E-state index contributed by atoms with van der Waals surface area (Å²) in [4.78, 5) is 6.60. The maximum absolute atomic E-state index is 6.32. The van der Waals surface area contributed by atoms with Gasteiger partial charge in [0.15, 0.2) is 0 Å². The van der Waals surface area contributed by atoms with Gasteiger partial charge < -0.3 is 15.0 Å². The van der Waals surface area contributed by atoms with Crippen LogP contribution >= 0.6 is 11.6 Å². The summed E-state index contributed by atoms with van der Waals surface area (Å²) in [6.45, 7) is 8.39. The van der Waals surface area contributed by atoms with E-state index in [1.165, 1.54) is 0 Å². The molecule has 0 fully saturated rings. The number of nitrogens with zero attached hydrogens (tertiary/aromatic N) is 2. The maximum atomic E-state index is 6.32. The van der Waals surface area contributed by atoms with Gasteiger partial charge >= 0.3 is 0 Å². The lowest BCUT2D eigenvalue weighted by Gasteiger charge is -2.22. The molecule has 0 bridgehead atoms. The van der Waals surface area contributed by atoms with E-state index in [2.05, 4.69) is 29.0 Å². The fraction of sp³-hybridized carbons (Fsp3) is 0.643. The normalized spacial score (nSPS) is 10.7. The van der Waals surface area contributed by atoms with Crippen molar-refractivity contribution >= 4 is 17.4 Å². The van der Waals surface area contributed by atoms with Crippen LogP contribution in [0.25, 0.3) is 0 Å². The van der Waals surface area contributed by atoms with Gasteiger partial charge in [-0.1, -0.05) is 18.5 Å². The summed E-state index contributed by atoms with van der Waals surface area (Å²) in [6.07, 6.45) is 3.01. The average molecular weight is 286 g/mol. The first-order valence-electron chi connectivity index (χ1n) is 6.81. The molecular weight excluding hydrogens is 262 g/mol. The molecule has 0 saturated heterocycles. The van der Waals surface area contributed by atoms with E-state index >= 15 is 0 Å². The second-order valence-electron chi connectivity index (χ2n) is 4.40. The number of methoxy groups -OCH3 is 1. The molecule has 0 unspecified atom stereocenters. The predicted molar refractivity (Wildman–Crippen MR) is 81.0 cm³/mol. The van der Waals surface area contributed by atoms with E-state index in [-0.39, 0.29) is 0 Å². The highest BCUT2D eigenvalue weighted by atomic mass is 35.5. The Morgan fingerprint density at radius 2 is 2.21 bits per heavy atom. The van der Waals surface area contributed by atoms with Crippen molar-refractivity contribution in [2.24, 2.45) is 0 Å². The summed E-state index contributed by atoms with van der Waals surface area (Å²) in [5.74, 6) is 0.834. The third-order valence-electron chi connectivity index (χ3n) is 2.88. The first kappa shape index (κ1) is 16.2. The van der Waals surface area contributed by atoms with Gasteiger partial charge in [0.1, 0.15) is 5.82 Å². The molecule has 0 spiro atoms. The zero-order valence-corrected chi connectivity index (χ0v) is 12.8. The van der Waals surface area contributed by atoms with Crippen LogP contribution in [0.3, 0.4) is 0 Å². The average Bonchev–Trinajstić information content (AvgIpc) is 2.41. The lowest BCUT2D eigenvalue weighted by molar-refractivity contribution is 0.205. The highest BCUT2D eigenvalue weighted by Crippen LogP contribution is 2.23. The standard InChI is InChI=1S/C14H24ClN3O/c1-4-6-16-10-12-9-13(15)14(17-11-12)18(5-2)7-8-19-3/h9,11,16H,4-8,10H2,1-3H3. The Morgan fingerprint density at radius 1 is 1.42 bits per heavy atom. The summed E-state index contributed by atoms with van der Waals surface area (Å²) < 4.78 is 5.10. The molecule has 0 aliphatic rings. The Morgan fingerprint density at radius 3 is 2.79 bits per heavy atom. The highest BCUT2D eigenvalue weighted by Gasteiger charge is 2.10. The van der Waals surface area contributed by atoms with Crippen molar-refractivity contribution in [1.29, 1.82) is 0 Å². The Hall–Kier alpha value is -0.840. The number of nitrogens with one attached hydrogen (secondary N) is 1. The smallest absolute Gasteiger partial charge is 0.147 e. The van der Waals surface area contributed by atoms with E-state index in [4.69, 9.17) is 16.3 Å². The van der Waals surface area contributed by atoms with Crippen LogP contribution in [0.4, 0.5) is 5.82 Å². The molecule has 0 aliphatic heterocycles. The number of anilines is 1. The molecule has 0 radical (unpaired) electrons. The number of likely N-dealkylation sites (N-methyl/N-ethyl adjacent to an activating group) is 1. The minimum atomic E-state index is 0.672. The highest BCUT2D eigenvalue weighted by molar-refractivity contribution is 6.33. The number of aromatic nitrogens is 1. The van der Waals surface area contributed by atoms with Crippen LogP contribution in [-0.2, 0) is 11.3 Å². The molecule has 1 rings (SSSR count). The molecule has 0 atom stereocenters. The molecule has 0 saturated carbocycles. The van der Waals surface area contributed by atoms with Gasteiger partial charge in [0.05, 0.1) is 11.6 Å². The Kier molecular flexibility index (Phi) is 7.79. The van der Waals surface area contributed by atoms with Gasteiger partial charge in [-0.3, -0.25) is 0 Å². The van der Waals surface area contributed by atoms with Crippen LogP contribution in [0.5, 0.6) is 0 Å². The lowest BCUT2D eigenvalue weighted by atomic mass is 10.2. The van der Waals surface area contributed by atoms with E-state index in [1.54, 1.807) is 7.11 Å². The van der Waals surface area contributed by atoms with Crippen molar-refractivity contribution in [3.8, 4) is 0 Å². The summed E-state index contributed by atoms with van der Waals surface area (Å²) >= 11 is 6.32. The van der Waals surface area contributed by atoms with Gasteiger partial charge in [0.2, 0.25) is 0 Å². The van der Waals surface area contributed by atoms with Crippen molar-refractivity contribution in [2.75, 3.05) is 38.3 Å². The Bertz CT molecular complexity index is 374.